The molecule has 3 nitrogen and oxygen atoms in total. The lowest BCUT2D eigenvalue weighted by molar-refractivity contribution is -0.0979. The average Bonchev–Trinajstić information content (AvgIpc) is 2.78. The van der Waals surface area contributed by atoms with E-state index in [-0.39, 0.29) is 0 Å². The molecule has 0 aliphatic rings. The molecule has 0 radical (unpaired) electrons. The fourth-order valence-electron chi connectivity index (χ4n) is 2.61. The predicted octanol–water partition coefficient (Wildman–Crippen LogP) is 5.69. The zero-order chi connectivity index (χ0) is 20.2. The van der Waals surface area contributed by atoms with Crippen LogP contribution < -0.4 is 11.5 Å². The molecule has 140 valence electrons. The van der Waals surface area contributed by atoms with E-state index in [2.05, 4.69) is 24.3 Å². The van der Waals surface area contributed by atoms with E-state index in [4.69, 9.17) is 16.3 Å². The number of nitrogens with two attached hydrogens (primary N) is 2. The number of rotatable bonds is 2. The van der Waals surface area contributed by atoms with Gasteiger partial charge in [0.05, 0.1) is 0 Å². The summed E-state index contributed by atoms with van der Waals surface area (Å²) >= 11 is 0. The predicted molar refractivity (Wildman–Crippen MR) is 120 cm³/mol. The first kappa shape index (κ1) is 20.5. The topological polar surface area (TPSA) is 69.1 Å². The van der Waals surface area contributed by atoms with Crippen molar-refractivity contribution < 1.29 is 4.79 Å². The molecule has 28 heavy (non-hydrogen) atoms. The summed E-state index contributed by atoms with van der Waals surface area (Å²) in [7, 11) is 0. The zero-order valence-corrected chi connectivity index (χ0v) is 15.7. The Bertz CT molecular complexity index is 854. The standard InChI is InChI=1S/2C12H11N.CH2O/c2*13-12-8-6-11(7-9-12)10-4-2-1-3-5-10;1-2/h2*1-9H,13H2;1H2. The van der Waals surface area contributed by atoms with Crippen molar-refractivity contribution in [3.63, 3.8) is 0 Å². The lowest BCUT2D eigenvalue weighted by Crippen LogP contribution is -1.83. The first-order chi connectivity index (χ1) is 13.7. The van der Waals surface area contributed by atoms with Crippen molar-refractivity contribution in [3.05, 3.63) is 109 Å². The molecule has 0 heterocycles. The van der Waals surface area contributed by atoms with Gasteiger partial charge in [-0.2, -0.15) is 0 Å². The van der Waals surface area contributed by atoms with Crippen LogP contribution in [-0.2, 0) is 4.79 Å². The van der Waals surface area contributed by atoms with Crippen LogP contribution in [0.3, 0.4) is 0 Å². The first-order valence-corrected chi connectivity index (χ1v) is 8.83. The van der Waals surface area contributed by atoms with Gasteiger partial charge in [0.1, 0.15) is 6.79 Å². The molecule has 4 rings (SSSR count). The number of benzene rings is 4. The number of hydrogen-bond acceptors (Lipinski definition) is 3. The SMILES string of the molecule is C=O.Nc1ccc(-c2ccccc2)cc1.Nc1ccc(-c2ccccc2)cc1. The van der Waals surface area contributed by atoms with Gasteiger partial charge in [-0.1, -0.05) is 84.9 Å². The molecular formula is C25H24N2O. The summed E-state index contributed by atoms with van der Waals surface area (Å²) in [4.78, 5) is 8.00. The molecule has 0 saturated heterocycles. The summed E-state index contributed by atoms with van der Waals surface area (Å²) in [6, 6.07) is 36.3. The molecule has 4 N–H and O–H groups in total. The van der Waals surface area contributed by atoms with Crippen LogP contribution in [-0.4, -0.2) is 6.79 Å². The summed E-state index contributed by atoms with van der Waals surface area (Å²) in [5.41, 5.74) is 17.7. The van der Waals surface area contributed by atoms with Gasteiger partial charge in [0, 0.05) is 11.4 Å². The van der Waals surface area contributed by atoms with Crippen molar-refractivity contribution in [1.29, 1.82) is 0 Å². The molecule has 0 aliphatic carbocycles. The molecule has 0 amide bonds. The third-order valence-electron chi connectivity index (χ3n) is 4.04. The maximum Gasteiger partial charge on any atom is 0.106 e. The molecule has 0 aromatic heterocycles. The summed E-state index contributed by atoms with van der Waals surface area (Å²) < 4.78 is 0. The van der Waals surface area contributed by atoms with E-state index >= 15 is 0 Å². The Kier molecular flexibility index (Phi) is 8.03. The summed E-state index contributed by atoms with van der Waals surface area (Å²) in [5, 5.41) is 0. The van der Waals surface area contributed by atoms with Crippen LogP contribution in [0.2, 0.25) is 0 Å². The highest BCUT2D eigenvalue weighted by Crippen LogP contribution is 2.20. The quantitative estimate of drug-likeness (QED) is 0.447. The van der Waals surface area contributed by atoms with Gasteiger partial charge in [-0.15, -0.1) is 0 Å². The molecular weight excluding hydrogens is 344 g/mol. The Morgan fingerprint density at radius 1 is 0.393 bits per heavy atom. The molecule has 0 unspecified atom stereocenters. The highest BCUT2D eigenvalue weighted by molar-refractivity contribution is 5.66. The van der Waals surface area contributed by atoms with Crippen molar-refractivity contribution in [1.82, 2.24) is 0 Å². The van der Waals surface area contributed by atoms with Crippen molar-refractivity contribution >= 4 is 18.2 Å². The molecule has 0 aliphatic heterocycles. The van der Waals surface area contributed by atoms with Gasteiger partial charge in [0.25, 0.3) is 0 Å². The Hall–Kier alpha value is -3.85. The minimum absolute atomic E-state index is 0.805. The second-order valence-corrected chi connectivity index (χ2v) is 5.98. The lowest BCUT2D eigenvalue weighted by atomic mass is 10.1. The first-order valence-electron chi connectivity index (χ1n) is 8.83. The van der Waals surface area contributed by atoms with Crippen molar-refractivity contribution in [2.24, 2.45) is 0 Å². The maximum atomic E-state index is 8.00. The number of nitrogen functional groups attached to an aromatic ring is 2. The molecule has 0 saturated carbocycles. The maximum absolute atomic E-state index is 8.00. The second kappa shape index (κ2) is 11.0. The summed E-state index contributed by atoms with van der Waals surface area (Å²) in [6.45, 7) is 2.00. The molecule has 4 aromatic carbocycles. The van der Waals surface area contributed by atoms with Crippen LogP contribution in [0.25, 0.3) is 22.3 Å². The fourth-order valence-corrected chi connectivity index (χ4v) is 2.61. The average molecular weight is 368 g/mol. The van der Waals surface area contributed by atoms with Crippen LogP contribution in [0, 0.1) is 0 Å². The van der Waals surface area contributed by atoms with E-state index in [1.807, 2.05) is 91.7 Å². The molecule has 0 atom stereocenters. The third-order valence-corrected chi connectivity index (χ3v) is 4.04. The Morgan fingerprint density at radius 3 is 0.929 bits per heavy atom. The van der Waals surface area contributed by atoms with E-state index in [0.717, 1.165) is 11.4 Å². The van der Waals surface area contributed by atoms with Crippen LogP contribution in [0.15, 0.2) is 109 Å². The van der Waals surface area contributed by atoms with Gasteiger partial charge in [0.15, 0.2) is 0 Å². The highest BCUT2D eigenvalue weighted by Gasteiger charge is 1.95. The molecule has 3 heteroatoms. The van der Waals surface area contributed by atoms with Crippen LogP contribution in [0.1, 0.15) is 0 Å². The minimum Gasteiger partial charge on any atom is -0.399 e. The van der Waals surface area contributed by atoms with Gasteiger partial charge < -0.3 is 16.3 Å². The van der Waals surface area contributed by atoms with E-state index in [1.54, 1.807) is 0 Å². The highest BCUT2D eigenvalue weighted by atomic mass is 16.1. The monoisotopic (exact) mass is 368 g/mol. The van der Waals surface area contributed by atoms with Gasteiger partial charge >= 0.3 is 0 Å². The number of hydrogen-bond donors (Lipinski definition) is 2. The second-order valence-electron chi connectivity index (χ2n) is 5.98. The van der Waals surface area contributed by atoms with E-state index < -0.39 is 0 Å². The van der Waals surface area contributed by atoms with E-state index in [0.29, 0.717) is 0 Å². The van der Waals surface area contributed by atoms with E-state index in [1.165, 1.54) is 22.3 Å². The summed E-state index contributed by atoms with van der Waals surface area (Å²) in [5.74, 6) is 0. The Labute approximate surface area is 166 Å². The molecule has 0 spiro atoms. The summed E-state index contributed by atoms with van der Waals surface area (Å²) in [6.07, 6.45) is 0. The van der Waals surface area contributed by atoms with Crippen LogP contribution >= 0.6 is 0 Å². The van der Waals surface area contributed by atoms with Crippen molar-refractivity contribution in [2.45, 2.75) is 0 Å². The molecule has 0 fully saturated rings. The van der Waals surface area contributed by atoms with Crippen molar-refractivity contribution in [2.75, 3.05) is 11.5 Å². The lowest BCUT2D eigenvalue weighted by Gasteiger charge is -2.00. The minimum atomic E-state index is 0.805. The number of carbonyl (C=O) groups is 1. The van der Waals surface area contributed by atoms with Crippen LogP contribution in [0.4, 0.5) is 11.4 Å². The number of anilines is 2. The third kappa shape index (κ3) is 6.15. The molecule has 4 aromatic rings. The van der Waals surface area contributed by atoms with Gasteiger partial charge in [0.2, 0.25) is 0 Å². The largest absolute Gasteiger partial charge is 0.399 e. The van der Waals surface area contributed by atoms with Gasteiger partial charge in [-0.05, 0) is 46.5 Å². The molecule has 0 bridgehead atoms. The van der Waals surface area contributed by atoms with Gasteiger partial charge in [-0.25, -0.2) is 0 Å². The smallest absolute Gasteiger partial charge is 0.106 e. The zero-order valence-electron chi connectivity index (χ0n) is 15.7. The van der Waals surface area contributed by atoms with Crippen LogP contribution in [0.5, 0.6) is 0 Å². The van der Waals surface area contributed by atoms with Gasteiger partial charge in [-0.3, -0.25) is 0 Å². The Balaban J connectivity index is 0.000000184. The normalized spacial score (nSPS) is 9.29. The van der Waals surface area contributed by atoms with Crippen molar-refractivity contribution in [3.8, 4) is 22.3 Å². The fraction of sp³-hybridized carbons (Fsp3) is 0. The number of carbonyl (C=O) groups excluding carboxylic acids is 1. The van der Waals surface area contributed by atoms with E-state index in [9.17, 15) is 0 Å². The Morgan fingerprint density at radius 2 is 0.643 bits per heavy atom.